The monoisotopic (exact) mass is 274 g/mol. The number of urea groups is 1. The van der Waals surface area contributed by atoms with Gasteiger partial charge in [-0.05, 0) is 12.8 Å². The number of hydrogen-bond acceptors (Lipinski definition) is 4. The first-order valence-corrected chi connectivity index (χ1v) is 6.36. The molecule has 0 aromatic carbocycles. The van der Waals surface area contributed by atoms with Crippen LogP contribution in [0.3, 0.4) is 0 Å². The quantitative estimate of drug-likeness (QED) is 0.631. The Morgan fingerprint density at radius 1 is 1.42 bits per heavy atom. The molecule has 1 aliphatic carbocycles. The van der Waals surface area contributed by atoms with Gasteiger partial charge in [-0.2, -0.15) is 0 Å². The predicted octanol–water partition coefficient (Wildman–Crippen LogP) is 0.297. The number of hydrogen-bond donors (Lipinski definition) is 2. The molecule has 0 heterocycles. The second kappa shape index (κ2) is 7.96. The normalized spacial score (nSPS) is 15.9. The molecule has 7 nitrogen and oxygen atoms in total. The van der Waals surface area contributed by atoms with Crippen molar-refractivity contribution in [3.05, 3.63) is 0 Å². The van der Waals surface area contributed by atoms with Crippen molar-refractivity contribution in [1.82, 2.24) is 10.2 Å². The van der Waals surface area contributed by atoms with Crippen molar-refractivity contribution in [3.63, 3.8) is 0 Å². The van der Waals surface area contributed by atoms with Crippen molar-refractivity contribution in [2.24, 2.45) is 0 Å². The van der Waals surface area contributed by atoms with E-state index in [1.807, 2.05) is 0 Å². The van der Waals surface area contributed by atoms with Crippen molar-refractivity contribution >= 4 is 12.0 Å². The lowest BCUT2D eigenvalue weighted by atomic mass is 10.2. The number of ether oxygens (including phenoxy) is 2. The number of carbonyl (C=O) groups is 2. The Morgan fingerprint density at radius 3 is 2.58 bits per heavy atom. The highest BCUT2D eigenvalue weighted by Gasteiger charge is 2.32. The summed E-state index contributed by atoms with van der Waals surface area (Å²) in [5.74, 6) is -0.945. The molecule has 0 aromatic rings. The average Bonchev–Trinajstić information content (AvgIpc) is 3.19. The zero-order chi connectivity index (χ0) is 14.3. The lowest BCUT2D eigenvalue weighted by molar-refractivity contribution is -0.139. The fourth-order valence-electron chi connectivity index (χ4n) is 1.76. The highest BCUT2D eigenvalue weighted by molar-refractivity contribution is 5.75. The minimum absolute atomic E-state index is 0.127. The maximum absolute atomic E-state index is 12.0. The molecule has 1 aliphatic rings. The van der Waals surface area contributed by atoms with Gasteiger partial charge in [0.15, 0.2) is 0 Å². The van der Waals surface area contributed by atoms with E-state index < -0.39 is 12.1 Å². The van der Waals surface area contributed by atoms with Crippen molar-refractivity contribution in [3.8, 4) is 0 Å². The smallest absolute Gasteiger partial charge is 0.317 e. The van der Waals surface area contributed by atoms with Gasteiger partial charge >= 0.3 is 12.0 Å². The molecule has 1 fully saturated rings. The van der Waals surface area contributed by atoms with E-state index in [4.69, 9.17) is 14.6 Å². The van der Waals surface area contributed by atoms with Crippen LogP contribution in [0.4, 0.5) is 4.79 Å². The molecule has 2 amide bonds. The molecule has 1 atom stereocenters. The fraction of sp³-hybridized carbons (Fsp3) is 0.833. The van der Waals surface area contributed by atoms with E-state index in [1.54, 1.807) is 12.0 Å². The molecule has 2 N–H and O–H groups in total. The largest absolute Gasteiger partial charge is 0.481 e. The van der Waals surface area contributed by atoms with E-state index in [-0.39, 0.29) is 25.0 Å². The van der Waals surface area contributed by atoms with Crippen LogP contribution in [0.25, 0.3) is 0 Å². The van der Waals surface area contributed by atoms with Gasteiger partial charge in [0.25, 0.3) is 0 Å². The van der Waals surface area contributed by atoms with E-state index in [0.717, 1.165) is 12.8 Å². The molecule has 0 saturated heterocycles. The molecule has 1 rings (SSSR count). The van der Waals surface area contributed by atoms with Crippen LogP contribution in [-0.2, 0) is 14.3 Å². The van der Waals surface area contributed by atoms with Crippen molar-refractivity contribution in [2.75, 3.05) is 33.9 Å². The standard InChI is InChI=1S/C12H22N2O5/c1-18-6-5-14(9-3-4-9)12(17)13-8-10(19-2)7-11(15)16/h9-10H,3-8H2,1-2H3,(H,13,17)(H,15,16). The number of methoxy groups -OCH3 is 2. The molecular weight excluding hydrogens is 252 g/mol. The lowest BCUT2D eigenvalue weighted by Crippen LogP contribution is -2.45. The van der Waals surface area contributed by atoms with E-state index in [2.05, 4.69) is 5.32 Å². The third-order valence-electron chi connectivity index (χ3n) is 3.00. The van der Waals surface area contributed by atoms with Gasteiger partial charge in [0, 0.05) is 33.4 Å². The van der Waals surface area contributed by atoms with Crippen molar-refractivity contribution in [2.45, 2.75) is 31.4 Å². The first-order chi connectivity index (χ1) is 9.08. The number of carbonyl (C=O) groups excluding carboxylic acids is 1. The Balaban J connectivity index is 2.36. The summed E-state index contributed by atoms with van der Waals surface area (Å²) < 4.78 is 9.99. The summed E-state index contributed by atoms with van der Waals surface area (Å²) in [6, 6.07) is 0.0996. The number of nitrogens with one attached hydrogen (secondary N) is 1. The van der Waals surface area contributed by atoms with Crippen LogP contribution >= 0.6 is 0 Å². The lowest BCUT2D eigenvalue weighted by Gasteiger charge is -2.23. The number of carboxylic acid groups (broad SMARTS) is 1. The maximum atomic E-state index is 12.0. The third kappa shape index (κ3) is 5.89. The molecule has 0 radical (unpaired) electrons. The second-order valence-electron chi connectivity index (χ2n) is 4.56. The second-order valence-corrected chi connectivity index (χ2v) is 4.56. The summed E-state index contributed by atoms with van der Waals surface area (Å²) in [5.41, 5.74) is 0. The number of amides is 2. The minimum atomic E-state index is -0.945. The van der Waals surface area contributed by atoms with E-state index >= 15 is 0 Å². The summed E-state index contributed by atoms with van der Waals surface area (Å²) in [6.45, 7) is 1.23. The average molecular weight is 274 g/mol. The Kier molecular flexibility index (Phi) is 6.58. The summed E-state index contributed by atoms with van der Waals surface area (Å²) in [5, 5.41) is 11.4. The molecule has 1 saturated carbocycles. The Labute approximate surface area is 112 Å². The van der Waals surface area contributed by atoms with Gasteiger partial charge in [-0.3, -0.25) is 4.79 Å². The van der Waals surface area contributed by atoms with Gasteiger partial charge in [-0.25, -0.2) is 4.79 Å². The molecular formula is C12H22N2O5. The van der Waals surface area contributed by atoms with Gasteiger partial charge in [0.05, 0.1) is 19.1 Å². The first kappa shape index (κ1) is 15.7. The van der Waals surface area contributed by atoms with Gasteiger partial charge in [-0.1, -0.05) is 0 Å². The Hall–Kier alpha value is -1.34. The van der Waals surface area contributed by atoms with E-state index in [0.29, 0.717) is 13.2 Å². The summed E-state index contributed by atoms with van der Waals surface area (Å²) in [7, 11) is 3.03. The van der Waals surface area contributed by atoms with Crippen LogP contribution in [0.15, 0.2) is 0 Å². The van der Waals surface area contributed by atoms with E-state index in [1.165, 1.54) is 7.11 Å². The van der Waals surface area contributed by atoms with Crippen LogP contribution in [0, 0.1) is 0 Å². The number of aliphatic carboxylic acids is 1. The molecule has 1 unspecified atom stereocenters. The van der Waals surface area contributed by atoms with Gasteiger partial charge in [0.2, 0.25) is 0 Å². The highest BCUT2D eigenvalue weighted by atomic mass is 16.5. The Bertz CT molecular complexity index is 306. The minimum Gasteiger partial charge on any atom is -0.481 e. The van der Waals surface area contributed by atoms with Crippen LogP contribution < -0.4 is 5.32 Å². The van der Waals surface area contributed by atoms with Crippen LogP contribution in [0.2, 0.25) is 0 Å². The van der Waals surface area contributed by atoms with Crippen LogP contribution in [-0.4, -0.2) is 68.1 Å². The summed E-state index contributed by atoms with van der Waals surface area (Å²) in [6.07, 6.45) is 1.39. The van der Waals surface area contributed by atoms with Crippen LogP contribution in [0.1, 0.15) is 19.3 Å². The molecule has 7 heteroatoms. The number of rotatable bonds is 9. The van der Waals surface area contributed by atoms with Gasteiger partial charge in [-0.15, -0.1) is 0 Å². The molecule has 0 spiro atoms. The highest BCUT2D eigenvalue weighted by Crippen LogP contribution is 2.26. The number of carboxylic acids is 1. The Morgan fingerprint density at radius 2 is 2.11 bits per heavy atom. The summed E-state index contributed by atoms with van der Waals surface area (Å²) >= 11 is 0. The molecule has 0 aliphatic heterocycles. The van der Waals surface area contributed by atoms with Crippen LogP contribution in [0.5, 0.6) is 0 Å². The molecule has 0 aromatic heterocycles. The molecule has 19 heavy (non-hydrogen) atoms. The summed E-state index contributed by atoms with van der Waals surface area (Å²) in [4.78, 5) is 24.3. The molecule has 110 valence electrons. The number of nitrogens with zero attached hydrogens (tertiary/aromatic N) is 1. The zero-order valence-electron chi connectivity index (χ0n) is 11.4. The SMILES string of the molecule is COCCN(C(=O)NCC(CC(=O)O)OC)C1CC1. The zero-order valence-corrected chi connectivity index (χ0v) is 11.4. The third-order valence-corrected chi connectivity index (χ3v) is 3.00. The maximum Gasteiger partial charge on any atom is 0.317 e. The van der Waals surface area contributed by atoms with Crippen molar-refractivity contribution in [1.29, 1.82) is 0 Å². The first-order valence-electron chi connectivity index (χ1n) is 6.36. The van der Waals surface area contributed by atoms with Gasteiger partial charge < -0.3 is 24.8 Å². The van der Waals surface area contributed by atoms with Gasteiger partial charge in [0.1, 0.15) is 0 Å². The van der Waals surface area contributed by atoms with Crippen molar-refractivity contribution < 1.29 is 24.2 Å². The predicted molar refractivity (Wildman–Crippen MR) is 68.1 cm³/mol. The topological polar surface area (TPSA) is 88.1 Å². The molecule has 0 bridgehead atoms. The van der Waals surface area contributed by atoms with E-state index in [9.17, 15) is 9.59 Å². The fourth-order valence-corrected chi connectivity index (χ4v) is 1.76.